The zero-order chi connectivity index (χ0) is 21.5. The standard InChI is InChI=1S/C22H36N2O4/c1-15(2)22(8,14-23-20(26)28-21(5,6)7)24-19(25)13-17-11-9-10-12-18(17)27-16(3)4/h9-12,15-16H,13-14H2,1-8H3,(H,23,26)(H,24,25). The van der Waals surface area contributed by atoms with Gasteiger partial charge in [0, 0.05) is 12.1 Å². The second-order valence-electron chi connectivity index (χ2n) is 8.93. The topological polar surface area (TPSA) is 76.7 Å². The Bertz CT molecular complexity index is 665. The minimum atomic E-state index is -0.609. The number of amides is 2. The number of carbonyl (C=O) groups is 2. The molecule has 0 spiro atoms. The summed E-state index contributed by atoms with van der Waals surface area (Å²) >= 11 is 0. The van der Waals surface area contributed by atoms with Gasteiger partial charge < -0.3 is 20.1 Å². The van der Waals surface area contributed by atoms with Crippen molar-refractivity contribution < 1.29 is 19.1 Å². The van der Waals surface area contributed by atoms with Crippen LogP contribution in [0.1, 0.15) is 61.0 Å². The molecule has 1 aromatic rings. The summed E-state index contributed by atoms with van der Waals surface area (Å²) in [4.78, 5) is 24.7. The molecule has 0 fully saturated rings. The van der Waals surface area contributed by atoms with Crippen LogP contribution in [0.2, 0.25) is 0 Å². The molecule has 2 N–H and O–H groups in total. The summed E-state index contributed by atoms with van der Waals surface area (Å²) < 4.78 is 11.1. The Labute approximate surface area is 169 Å². The highest BCUT2D eigenvalue weighted by Gasteiger charge is 2.31. The molecule has 1 atom stereocenters. The van der Waals surface area contributed by atoms with Crippen LogP contribution in [0.5, 0.6) is 5.75 Å². The largest absolute Gasteiger partial charge is 0.491 e. The SMILES string of the molecule is CC(C)Oc1ccccc1CC(=O)NC(C)(CNC(=O)OC(C)(C)C)C(C)C. The number of rotatable bonds is 8. The Kier molecular flexibility index (Phi) is 8.33. The third kappa shape index (κ3) is 8.19. The summed E-state index contributed by atoms with van der Waals surface area (Å²) in [5.41, 5.74) is -0.344. The van der Waals surface area contributed by atoms with Crippen LogP contribution >= 0.6 is 0 Å². The van der Waals surface area contributed by atoms with E-state index in [1.54, 1.807) is 0 Å². The van der Waals surface area contributed by atoms with Gasteiger partial charge in [0.1, 0.15) is 11.4 Å². The van der Waals surface area contributed by atoms with E-state index in [1.165, 1.54) is 0 Å². The molecule has 0 radical (unpaired) electrons. The van der Waals surface area contributed by atoms with Gasteiger partial charge in [0.05, 0.1) is 18.1 Å². The van der Waals surface area contributed by atoms with Gasteiger partial charge in [0.2, 0.25) is 5.91 Å². The third-order valence-corrected chi connectivity index (χ3v) is 4.38. The maximum atomic E-state index is 12.7. The highest BCUT2D eigenvalue weighted by atomic mass is 16.6. The number of alkyl carbamates (subject to hydrolysis) is 1. The highest BCUT2D eigenvalue weighted by Crippen LogP contribution is 2.21. The van der Waals surface area contributed by atoms with Gasteiger partial charge in [-0.25, -0.2) is 4.79 Å². The molecule has 1 aromatic carbocycles. The fraction of sp³-hybridized carbons (Fsp3) is 0.636. The van der Waals surface area contributed by atoms with Gasteiger partial charge in [0.25, 0.3) is 0 Å². The zero-order valence-corrected chi connectivity index (χ0v) is 18.5. The number of benzene rings is 1. The van der Waals surface area contributed by atoms with Crippen molar-refractivity contribution in [2.24, 2.45) is 5.92 Å². The predicted molar refractivity (Wildman–Crippen MR) is 112 cm³/mol. The molecule has 0 aliphatic rings. The monoisotopic (exact) mass is 392 g/mol. The summed E-state index contributed by atoms with van der Waals surface area (Å²) in [7, 11) is 0. The van der Waals surface area contributed by atoms with Crippen LogP contribution in [0, 0.1) is 5.92 Å². The van der Waals surface area contributed by atoms with Crippen LogP contribution in [0.15, 0.2) is 24.3 Å². The number of nitrogens with one attached hydrogen (secondary N) is 2. The zero-order valence-electron chi connectivity index (χ0n) is 18.5. The van der Waals surface area contributed by atoms with E-state index in [-0.39, 0.29) is 30.9 Å². The molecule has 0 bridgehead atoms. The fourth-order valence-corrected chi connectivity index (χ4v) is 2.52. The molecule has 0 saturated carbocycles. The molecule has 0 aliphatic heterocycles. The molecule has 6 nitrogen and oxygen atoms in total. The van der Waals surface area contributed by atoms with Crippen LogP contribution in [0.25, 0.3) is 0 Å². The lowest BCUT2D eigenvalue weighted by molar-refractivity contribution is -0.122. The van der Waals surface area contributed by atoms with Gasteiger partial charge in [-0.15, -0.1) is 0 Å². The van der Waals surface area contributed by atoms with Crippen molar-refractivity contribution in [3.05, 3.63) is 29.8 Å². The van der Waals surface area contributed by atoms with Crippen molar-refractivity contribution in [2.75, 3.05) is 6.54 Å². The van der Waals surface area contributed by atoms with E-state index in [1.807, 2.05) is 79.7 Å². The highest BCUT2D eigenvalue weighted by molar-refractivity contribution is 5.80. The van der Waals surface area contributed by atoms with Crippen molar-refractivity contribution in [3.63, 3.8) is 0 Å². The van der Waals surface area contributed by atoms with E-state index in [0.29, 0.717) is 5.75 Å². The Morgan fingerprint density at radius 3 is 2.18 bits per heavy atom. The molecule has 0 aliphatic carbocycles. The molecule has 1 unspecified atom stereocenters. The van der Waals surface area contributed by atoms with Crippen molar-refractivity contribution in [2.45, 2.75) is 79.1 Å². The molecule has 2 amide bonds. The normalized spacial score (nSPS) is 13.8. The van der Waals surface area contributed by atoms with E-state index in [2.05, 4.69) is 10.6 Å². The fourth-order valence-electron chi connectivity index (χ4n) is 2.52. The summed E-state index contributed by atoms with van der Waals surface area (Å²) in [6.07, 6.45) is -0.259. The van der Waals surface area contributed by atoms with Crippen LogP contribution < -0.4 is 15.4 Å². The van der Waals surface area contributed by atoms with Crippen molar-refractivity contribution >= 4 is 12.0 Å². The van der Waals surface area contributed by atoms with Gasteiger partial charge in [-0.2, -0.15) is 0 Å². The van der Waals surface area contributed by atoms with Crippen molar-refractivity contribution in [1.82, 2.24) is 10.6 Å². The first-order valence-electron chi connectivity index (χ1n) is 9.85. The van der Waals surface area contributed by atoms with Gasteiger partial charge in [-0.05, 0) is 53.5 Å². The predicted octanol–water partition coefficient (Wildman–Crippen LogP) is 4.07. The molecule has 0 saturated heterocycles. The minimum absolute atomic E-state index is 0.0307. The van der Waals surface area contributed by atoms with Crippen molar-refractivity contribution in [1.29, 1.82) is 0 Å². The Hall–Kier alpha value is -2.24. The first-order valence-corrected chi connectivity index (χ1v) is 9.85. The van der Waals surface area contributed by atoms with Gasteiger partial charge in [-0.3, -0.25) is 4.79 Å². The van der Waals surface area contributed by atoms with Gasteiger partial charge in [0.15, 0.2) is 0 Å². The van der Waals surface area contributed by atoms with Crippen LogP contribution in [0.3, 0.4) is 0 Å². The van der Waals surface area contributed by atoms with Gasteiger partial charge in [-0.1, -0.05) is 32.0 Å². The van der Waals surface area contributed by atoms with E-state index in [4.69, 9.17) is 9.47 Å². The summed E-state index contributed by atoms with van der Waals surface area (Å²) in [5, 5.41) is 5.84. The number of hydrogen-bond donors (Lipinski definition) is 2. The summed E-state index contributed by atoms with van der Waals surface area (Å²) in [6, 6.07) is 7.54. The molecule has 158 valence electrons. The quantitative estimate of drug-likeness (QED) is 0.699. The average Bonchev–Trinajstić information content (AvgIpc) is 2.52. The second kappa shape index (κ2) is 9.80. The van der Waals surface area contributed by atoms with E-state index in [0.717, 1.165) is 5.56 Å². The first kappa shape index (κ1) is 23.8. The maximum Gasteiger partial charge on any atom is 0.407 e. The number of ether oxygens (including phenoxy) is 2. The number of carbonyl (C=O) groups excluding carboxylic acids is 2. The first-order chi connectivity index (χ1) is 12.8. The number of hydrogen-bond acceptors (Lipinski definition) is 4. The summed E-state index contributed by atoms with van der Waals surface area (Å²) in [6.45, 7) is 15.6. The second-order valence-corrected chi connectivity index (χ2v) is 8.93. The van der Waals surface area contributed by atoms with E-state index >= 15 is 0 Å². The molecule has 1 rings (SSSR count). The van der Waals surface area contributed by atoms with Crippen LogP contribution in [0.4, 0.5) is 4.79 Å². The summed E-state index contributed by atoms with van der Waals surface area (Å²) in [5.74, 6) is 0.696. The van der Waals surface area contributed by atoms with E-state index < -0.39 is 17.2 Å². The Morgan fingerprint density at radius 2 is 1.64 bits per heavy atom. The molecule has 6 heteroatoms. The minimum Gasteiger partial charge on any atom is -0.491 e. The molecule has 28 heavy (non-hydrogen) atoms. The van der Waals surface area contributed by atoms with Crippen molar-refractivity contribution in [3.8, 4) is 5.75 Å². The molecular formula is C22H36N2O4. The molecule has 0 heterocycles. The lowest BCUT2D eigenvalue weighted by Crippen LogP contribution is -2.57. The van der Waals surface area contributed by atoms with Gasteiger partial charge >= 0.3 is 6.09 Å². The maximum absolute atomic E-state index is 12.7. The molecular weight excluding hydrogens is 356 g/mol. The third-order valence-electron chi connectivity index (χ3n) is 4.38. The molecule has 0 aromatic heterocycles. The number of para-hydroxylation sites is 1. The smallest absolute Gasteiger partial charge is 0.407 e. The lowest BCUT2D eigenvalue weighted by Gasteiger charge is -2.35. The van der Waals surface area contributed by atoms with Crippen LogP contribution in [-0.4, -0.2) is 35.8 Å². The Balaban J connectivity index is 2.78. The average molecular weight is 393 g/mol. The van der Waals surface area contributed by atoms with Crippen LogP contribution in [-0.2, 0) is 16.0 Å². The lowest BCUT2D eigenvalue weighted by atomic mass is 9.88. The Morgan fingerprint density at radius 1 is 1.04 bits per heavy atom. The van der Waals surface area contributed by atoms with E-state index in [9.17, 15) is 9.59 Å².